The largest absolute Gasteiger partial charge is 0.328 e. The van der Waals surface area contributed by atoms with E-state index in [9.17, 15) is 4.79 Å². The maximum Gasteiger partial charge on any atom is 0.320 e. The molecule has 0 aromatic carbocycles. The maximum atomic E-state index is 11.9. The van der Waals surface area contributed by atoms with E-state index >= 15 is 0 Å². The highest BCUT2D eigenvalue weighted by Crippen LogP contribution is 2.35. The first-order valence-electron chi connectivity index (χ1n) is 6.60. The van der Waals surface area contributed by atoms with Crippen LogP contribution in [0.15, 0.2) is 18.3 Å². The summed E-state index contributed by atoms with van der Waals surface area (Å²) in [6.07, 6.45) is 3.62. The van der Waals surface area contributed by atoms with Gasteiger partial charge in [0.05, 0.1) is 17.1 Å². The number of nitrogens with one attached hydrogen (secondary N) is 2. The normalized spacial score (nSPS) is 15.5. The predicted octanol–water partition coefficient (Wildman–Crippen LogP) is 1.94. The molecule has 2 N–H and O–H groups in total. The van der Waals surface area contributed by atoms with Gasteiger partial charge in [-0.2, -0.15) is 0 Å². The first-order valence-corrected chi connectivity index (χ1v) is 6.98. The van der Waals surface area contributed by atoms with Gasteiger partial charge < -0.3 is 5.32 Å². The highest BCUT2D eigenvalue weighted by molar-refractivity contribution is 6.30. The molecule has 0 unspecified atom stereocenters. The van der Waals surface area contributed by atoms with Crippen molar-refractivity contribution < 1.29 is 4.79 Å². The Balaban J connectivity index is 1.61. The van der Waals surface area contributed by atoms with Crippen LogP contribution < -0.4 is 10.6 Å². The molecule has 2 aromatic heterocycles. The van der Waals surface area contributed by atoms with Crippen LogP contribution in [0.25, 0.3) is 0 Å². The molecule has 3 rings (SSSR count). The number of rotatable bonds is 4. The van der Waals surface area contributed by atoms with Crippen molar-refractivity contribution in [2.75, 3.05) is 5.32 Å². The van der Waals surface area contributed by atoms with Crippen LogP contribution in [-0.4, -0.2) is 31.2 Å². The summed E-state index contributed by atoms with van der Waals surface area (Å²) in [4.78, 5) is 15.9. The zero-order valence-corrected chi connectivity index (χ0v) is 12.1. The summed E-state index contributed by atoms with van der Waals surface area (Å²) in [6, 6.07) is 2.97. The highest BCUT2D eigenvalue weighted by Gasteiger charge is 2.29. The van der Waals surface area contributed by atoms with Gasteiger partial charge in [0.15, 0.2) is 5.82 Å². The molecule has 0 bridgehead atoms. The number of amides is 2. The first kappa shape index (κ1) is 13.7. The average molecular weight is 308 g/mol. The van der Waals surface area contributed by atoms with Crippen molar-refractivity contribution in [3.8, 4) is 0 Å². The molecule has 8 nitrogen and oxygen atoms in total. The molecular weight excluding hydrogens is 294 g/mol. The van der Waals surface area contributed by atoms with Gasteiger partial charge in [0.2, 0.25) is 0 Å². The first-order chi connectivity index (χ1) is 10.1. The van der Waals surface area contributed by atoms with E-state index in [2.05, 4.69) is 31.1 Å². The molecule has 21 heavy (non-hydrogen) atoms. The van der Waals surface area contributed by atoms with Crippen molar-refractivity contribution in [1.29, 1.82) is 0 Å². The number of carbonyl (C=O) groups is 1. The monoisotopic (exact) mass is 307 g/mol. The standard InChI is InChI=1S/C12H14ClN7O/c1-7(11-17-18-19-20(11)9-3-4-9)15-12(21)16-10-5-2-8(13)6-14-10/h2,5-7,9H,3-4H2,1H3,(H2,14,15,16,21)/t7-/m1/s1. The van der Waals surface area contributed by atoms with Crippen molar-refractivity contribution in [3.05, 3.63) is 29.2 Å². The lowest BCUT2D eigenvalue weighted by atomic mass is 10.3. The number of nitrogens with zero attached hydrogens (tertiary/aromatic N) is 5. The second-order valence-corrected chi connectivity index (χ2v) is 5.33. The van der Waals surface area contributed by atoms with E-state index in [0.717, 1.165) is 12.8 Å². The molecule has 1 fully saturated rings. The number of carbonyl (C=O) groups excluding carboxylic acids is 1. The summed E-state index contributed by atoms with van der Waals surface area (Å²) in [6.45, 7) is 1.83. The third kappa shape index (κ3) is 3.27. The highest BCUT2D eigenvalue weighted by atomic mass is 35.5. The van der Waals surface area contributed by atoms with Crippen LogP contribution in [0.2, 0.25) is 5.02 Å². The summed E-state index contributed by atoms with van der Waals surface area (Å²) in [5.41, 5.74) is 0. The van der Waals surface area contributed by atoms with E-state index < -0.39 is 0 Å². The third-order valence-electron chi connectivity index (χ3n) is 3.11. The van der Waals surface area contributed by atoms with Gasteiger partial charge in [0.1, 0.15) is 5.82 Å². The second-order valence-electron chi connectivity index (χ2n) is 4.89. The minimum absolute atomic E-state index is 0.298. The summed E-state index contributed by atoms with van der Waals surface area (Å²) >= 11 is 5.74. The number of hydrogen-bond donors (Lipinski definition) is 2. The lowest BCUT2D eigenvalue weighted by Crippen LogP contribution is -2.33. The van der Waals surface area contributed by atoms with Gasteiger partial charge in [0.25, 0.3) is 0 Å². The van der Waals surface area contributed by atoms with E-state index in [1.54, 1.807) is 16.8 Å². The molecule has 2 amide bonds. The van der Waals surface area contributed by atoms with Gasteiger partial charge in [-0.3, -0.25) is 5.32 Å². The van der Waals surface area contributed by atoms with Crippen LogP contribution in [-0.2, 0) is 0 Å². The van der Waals surface area contributed by atoms with Gasteiger partial charge in [0, 0.05) is 6.20 Å². The molecule has 2 aromatic rings. The van der Waals surface area contributed by atoms with Crippen LogP contribution in [0, 0.1) is 0 Å². The van der Waals surface area contributed by atoms with E-state index in [-0.39, 0.29) is 12.1 Å². The number of hydrogen-bond acceptors (Lipinski definition) is 5. The van der Waals surface area contributed by atoms with E-state index in [4.69, 9.17) is 11.6 Å². The molecule has 0 saturated heterocycles. The molecule has 0 spiro atoms. The fourth-order valence-corrected chi connectivity index (χ4v) is 2.04. The average Bonchev–Trinajstić information content (AvgIpc) is 3.18. The predicted molar refractivity (Wildman–Crippen MR) is 75.9 cm³/mol. The summed E-state index contributed by atoms with van der Waals surface area (Å²) < 4.78 is 1.77. The second kappa shape index (κ2) is 5.65. The van der Waals surface area contributed by atoms with Gasteiger partial charge in [-0.15, -0.1) is 5.10 Å². The fourth-order valence-electron chi connectivity index (χ4n) is 1.93. The fraction of sp³-hybridized carbons (Fsp3) is 0.417. The molecule has 1 aliphatic carbocycles. The Bertz CT molecular complexity index is 637. The molecule has 9 heteroatoms. The minimum atomic E-state index is -0.373. The number of anilines is 1. The Labute approximate surface area is 125 Å². The Morgan fingerprint density at radius 2 is 2.29 bits per heavy atom. The van der Waals surface area contributed by atoms with Crippen molar-refractivity contribution in [3.63, 3.8) is 0 Å². The van der Waals surface area contributed by atoms with Gasteiger partial charge >= 0.3 is 6.03 Å². The lowest BCUT2D eigenvalue weighted by Gasteiger charge is -2.13. The lowest BCUT2D eigenvalue weighted by molar-refractivity contribution is 0.248. The van der Waals surface area contributed by atoms with E-state index in [1.165, 1.54) is 6.20 Å². The van der Waals surface area contributed by atoms with Gasteiger partial charge in [-0.1, -0.05) is 11.6 Å². The molecule has 1 aliphatic rings. The van der Waals surface area contributed by atoms with E-state index in [0.29, 0.717) is 22.7 Å². The Kier molecular flexibility index (Phi) is 3.70. The molecule has 110 valence electrons. The summed E-state index contributed by atoms with van der Waals surface area (Å²) in [7, 11) is 0. The number of tetrazole rings is 1. The van der Waals surface area contributed by atoms with Crippen molar-refractivity contribution in [2.24, 2.45) is 0 Å². The smallest absolute Gasteiger partial charge is 0.320 e. The number of halogens is 1. The van der Waals surface area contributed by atoms with Crippen molar-refractivity contribution in [2.45, 2.75) is 31.8 Å². The third-order valence-corrected chi connectivity index (χ3v) is 3.34. The summed E-state index contributed by atoms with van der Waals surface area (Å²) in [5, 5.41) is 17.5. The van der Waals surface area contributed by atoms with Crippen molar-refractivity contribution in [1.82, 2.24) is 30.5 Å². The van der Waals surface area contributed by atoms with Crippen molar-refractivity contribution >= 4 is 23.4 Å². The quantitative estimate of drug-likeness (QED) is 0.899. The topological polar surface area (TPSA) is 97.6 Å². The molecule has 0 aliphatic heterocycles. The van der Waals surface area contributed by atoms with Gasteiger partial charge in [-0.25, -0.2) is 14.5 Å². The molecule has 1 saturated carbocycles. The van der Waals surface area contributed by atoms with Crippen LogP contribution in [0.3, 0.4) is 0 Å². The molecule has 2 heterocycles. The van der Waals surface area contributed by atoms with Gasteiger partial charge in [-0.05, 0) is 42.3 Å². The molecule has 1 atom stereocenters. The maximum absolute atomic E-state index is 11.9. The van der Waals surface area contributed by atoms with Crippen LogP contribution in [0.5, 0.6) is 0 Å². The van der Waals surface area contributed by atoms with E-state index in [1.807, 2.05) is 6.92 Å². The molecular formula is C12H14ClN7O. The SMILES string of the molecule is C[C@@H](NC(=O)Nc1ccc(Cl)cn1)c1nnnn1C1CC1. The Morgan fingerprint density at radius 3 is 2.95 bits per heavy atom. The van der Waals surface area contributed by atoms with Crippen LogP contribution in [0.1, 0.15) is 37.7 Å². The summed E-state index contributed by atoms with van der Waals surface area (Å²) in [5.74, 6) is 1.07. The Morgan fingerprint density at radius 1 is 1.48 bits per heavy atom. The minimum Gasteiger partial charge on any atom is -0.328 e. The van der Waals surface area contributed by atoms with Crippen LogP contribution >= 0.6 is 11.6 Å². The number of urea groups is 1. The zero-order chi connectivity index (χ0) is 14.8. The number of aromatic nitrogens is 5. The number of pyridine rings is 1. The van der Waals surface area contributed by atoms with Crippen LogP contribution in [0.4, 0.5) is 10.6 Å². The Hall–Kier alpha value is -2.22. The zero-order valence-electron chi connectivity index (χ0n) is 11.3. The molecule has 0 radical (unpaired) electrons.